The molecule has 0 saturated carbocycles. The van der Waals surface area contributed by atoms with Crippen molar-refractivity contribution in [3.05, 3.63) is 118 Å². The van der Waals surface area contributed by atoms with Gasteiger partial charge in [0.2, 0.25) is 0 Å². The number of ether oxygens (including phenoxy) is 2. The van der Waals surface area contributed by atoms with Crippen molar-refractivity contribution in [3.8, 4) is 0 Å². The van der Waals surface area contributed by atoms with Gasteiger partial charge in [-0.3, -0.25) is 39.1 Å². The number of benzene rings is 2. The number of nitrogens with two attached hydrogens (primary N) is 1. The number of esters is 2. The zero-order valence-corrected chi connectivity index (χ0v) is 29.8. The Hall–Kier alpha value is -6.18. The number of aryl methyl sites for hydroxylation is 2. The van der Waals surface area contributed by atoms with Gasteiger partial charge in [-0.05, 0) is 74.7 Å². The van der Waals surface area contributed by atoms with Gasteiger partial charge in [0.05, 0.1) is 31.0 Å². The fraction of sp³-hybridized carbons (Fsp3) is 0.316. The maximum atomic E-state index is 13.0. The van der Waals surface area contributed by atoms with E-state index in [1.807, 2.05) is 19.9 Å². The van der Waals surface area contributed by atoms with Gasteiger partial charge in [0.25, 0.3) is 17.5 Å². The van der Waals surface area contributed by atoms with Gasteiger partial charge in [-0.25, -0.2) is 9.97 Å². The number of amides is 2. The highest BCUT2D eigenvalue weighted by Gasteiger charge is 2.24. The maximum absolute atomic E-state index is 13.0. The van der Waals surface area contributed by atoms with E-state index in [2.05, 4.69) is 9.97 Å². The molecule has 14 heteroatoms. The van der Waals surface area contributed by atoms with E-state index in [1.165, 1.54) is 22.1 Å². The highest BCUT2D eigenvalue weighted by Crippen LogP contribution is 2.24. The Balaban J connectivity index is 0.000000281. The van der Waals surface area contributed by atoms with Gasteiger partial charge < -0.3 is 15.2 Å². The molecule has 0 unspecified atom stereocenters. The number of rotatable bonds is 15. The Labute approximate surface area is 302 Å². The van der Waals surface area contributed by atoms with Crippen LogP contribution in [0.3, 0.4) is 0 Å². The molecule has 4 aromatic rings. The molecule has 4 rings (SSSR count). The van der Waals surface area contributed by atoms with Crippen LogP contribution in [0.5, 0.6) is 0 Å². The topological polar surface area (TPSA) is 188 Å². The third-order valence-electron chi connectivity index (χ3n) is 7.72. The van der Waals surface area contributed by atoms with E-state index in [4.69, 9.17) is 15.2 Å². The second-order valence-corrected chi connectivity index (χ2v) is 11.1. The summed E-state index contributed by atoms with van der Waals surface area (Å²) in [6.07, 6.45) is 4.51. The first-order valence-corrected chi connectivity index (χ1v) is 17.0. The minimum atomic E-state index is -0.501. The number of hydrogen-bond acceptors (Lipinski definition) is 11. The van der Waals surface area contributed by atoms with E-state index in [1.54, 1.807) is 80.7 Å². The molecule has 2 aromatic heterocycles. The quantitative estimate of drug-likeness (QED) is 0.0661. The van der Waals surface area contributed by atoms with E-state index < -0.39 is 16.8 Å². The van der Waals surface area contributed by atoms with Gasteiger partial charge in [0.1, 0.15) is 11.6 Å². The predicted octanol–water partition coefficient (Wildman–Crippen LogP) is 5.98. The molecule has 0 atom stereocenters. The number of nitrogen functional groups attached to an aromatic ring is 1. The van der Waals surface area contributed by atoms with E-state index >= 15 is 0 Å². The van der Waals surface area contributed by atoms with Gasteiger partial charge in [-0.15, -0.1) is 0 Å². The summed E-state index contributed by atoms with van der Waals surface area (Å²) in [6, 6.07) is 20.0. The smallest absolute Gasteiger partial charge is 0.307 e. The van der Waals surface area contributed by atoms with Crippen molar-refractivity contribution in [2.45, 2.75) is 53.4 Å². The van der Waals surface area contributed by atoms with Crippen molar-refractivity contribution < 1.29 is 33.6 Å². The zero-order valence-electron chi connectivity index (χ0n) is 29.8. The normalized spacial score (nSPS) is 10.3. The molecule has 0 aliphatic carbocycles. The number of hydrogen-bond donors (Lipinski definition) is 1. The number of carbonyl (C=O) groups excluding carboxylic acids is 4. The van der Waals surface area contributed by atoms with Crippen LogP contribution in [-0.4, -0.2) is 64.9 Å². The van der Waals surface area contributed by atoms with Gasteiger partial charge in [0.15, 0.2) is 0 Å². The monoisotopic (exact) mass is 712 g/mol. The van der Waals surface area contributed by atoms with Gasteiger partial charge >= 0.3 is 11.9 Å². The Morgan fingerprint density at radius 2 is 1.15 bits per heavy atom. The minimum Gasteiger partial charge on any atom is -0.466 e. The fourth-order valence-corrected chi connectivity index (χ4v) is 5.07. The SMILES string of the molecule is CCOC(=O)CCN(C(=O)c1ccc(CC)c(N)c1)c1ccccn1.CCOC(=O)CCN(C(=O)c1ccc(CC)c([N+](=O)[O-])c1)c1ccccn1. The van der Waals surface area contributed by atoms with Crippen molar-refractivity contribution in [1.29, 1.82) is 0 Å². The summed E-state index contributed by atoms with van der Waals surface area (Å²) in [4.78, 5) is 71.3. The summed E-state index contributed by atoms with van der Waals surface area (Å²) < 4.78 is 9.85. The second kappa shape index (κ2) is 20.5. The van der Waals surface area contributed by atoms with Gasteiger partial charge in [0, 0.05) is 53.9 Å². The Morgan fingerprint density at radius 3 is 1.54 bits per heavy atom. The summed E-state index contributed by atoms with van der Waals surface area (Å²) >= 11 is 0. The van der Waals surface area contributed by atoms with E-state index in [-0.39, 0.29) is 55.7 Å². The second-order valence-electron chi connectivity index (χ2n) is 11.1. The molecule has 0 spiro atoms. The van der Waals surface area contributed by atoms with Crippen LogP contribution in [0.4, 0.5) is 23.0 Å². The van der Waals surface area contributed by atoms with Crippen LogP contribution in [0.15, 0.2) is 85.2 Å². The lowest BCUT2D eigenvalue weighted by atomic mass is 10.1. The summed E-state index contributed by atoms with van der Waals surface area (Å²) in [6.45, 7) is 8.07. The van der Waals surface area contributed by atoms with E-state index in [9.17, 15) is 29.3 Å². The number of nitro groups is 1. The van der Waals surface area contributed by atoms with Gasteiger partial charge in [-0.1, -0.05) is 38.1 Å². The number of aromatic nitrogens is 2. The molecule has 14 nitrogen and oxygen atoms in total. The molecule has 2 heterocycles. The summed E-state index contributed by atoms with van der Waals surface area (Å²) in [5.74, 6) is -0.666. The molecule has 274 valence electrons. The van der Waals surface area contributed by atoms with Crippen LogP contribution in [0.25, 0.3) is 0 Å². The van der Waals surface area contributed by atoms with Crippen molar-refractivity contribution >= 4 is 46.8 Å². The van der Waals surface area contributed by atoms with Crippen molar-refractivity contribution in [2.75, 3.05) is 41.8 Å². The molecule has 0 fully saturated rings. The highest BCUT2D eigenvalue weighted by molar-refractivity contribution is 6.07. The third-order valence-corrected chi connectivity index (χ3v) is 7.72. The molecule has 0 radical (unpaired) electrons. The molecular formula is C38H44N6O8. The molecule has 0 saturated heterocycles. The molecular weight excluding hydrogens is 668 g/mol. The lowest BCUT2D eigenvalue weighted by Gasteiger charge is -2.22. The summed E-state index contributed by atoms with van der Waals surface area (Å²) in [7, 11) is 0. The molecule has 0 bridgehead atoms. The lowest BCUT2D eigenvalue weighted by Crippen LogP contribution is -2.34. The molecule has 2 N–H and O–H groups in total. The summed E-state index contributed by atoms with van der Waals surface area (Å²) in [5.41, 5.74) is 8.66. The zero-order chi connectivity index (χ0) is 38.0. The van der Waals surface area contributed by atoms with Crippen molar-refractivity contribution in [2.24, 2.45) is 0 Å². The summed E-state index contributed by atoms with van der Waals surface area (Å²) in [5, 5.41) is 11.3. The first-order valence-electron chi connectivity index (χ1n) is 17.0. The van der Waals surface area contributed by atoms with Crippen LogP contribution in [-0.2, 0) is 31.9 Å². The number of carbonyl (C=O) groups is 4. The standard InChI is InChI=1S/C19H21N3O5.C19H23N3O3/c1-3-14-8-9-15(13-16(14)22(25)26)19(24)21(12-10-18(23)27-4-2)17-7-5-6-11-20-17;1-3-14-8-9-15(13-16(14)20)19(24)22(12-10-18(23)25-4-2)17-7-5-6-11-21-17/h5-9,11,13H,3-4,10,12H2,1-2H3;5-9,11,13H,3-4,10,12,20H2,1-2H3. The Bertz CT molecular complexity index is 1820. The predicted molar refractivity (Wildman–Crippen MR) is 197 cm³/mol. The Kier molecular flexibility index (Phi) is 15.9. The average molecular weight is 713 g/mol. The van der Waals surface area contributed by atoms with Crippen LogP contribution in [0.2, 0.25) is 0 Å². The molecule has 2 amide bonds. The maximum Gasteiger partial charge on any atom is 0.307 e. The molecule has 0 aliphatic heterocycles. The third kappa shape index (κ3) is 11.4. The van der Waals surface area contributed by atoms with E-state index in [0.29, 0.717) is 41.5 Å². The number of nitro benzene ring substituents is 1. The average Bonchev–Trinajstić information content (AvgIpc) is 3.15. The first-order chi connectivity index (χ1) is 25.0. The fourth-order valence-electron chi connectivity index (χ4n) is 5.07. The number of anilines is 3. The minimum absolute atomic E-state index is 0.00864. The van der Waals surface area contributed by atoms with Crippen LogP contribution in [0, 0.1) is 10.1 Å². The number of pyridine rings is 2. The molecule has 2 aromatic carbocycles. The first kappa shape index (κ1) is 40.3. The van der Waals surface area contributed by atoms with E-state index in [0.717, 1.165) is 12.0 Å². The van der Waals surface area contributed by atoms with Crippen LogP contribution in [0.1, 0.15) is 72.4 Å². The van der Waals surface area contributed by atoms with Crippen LogP contribution >= 0.6 is 0 Å². The van der Waals surface area contributed by atoms with Crippen LogP contribution < -0.4 is 15.5 Å². The lowest BCUT2D eigenvalue weighted by molar-refractivity contribution is -0.385. The largest absolute Gasteiger partial charge is 0.466 e. The molecule has 0 aliphatic rings. The molecule has 52 heavy (non-hydrogen) atoms. The highest BCUT2D eigenvalue weighted by atomic mass is 16.6. The van der Waals surface area contributed by atoms with Gasteiger partial charge in [-0.2, -0.15) is 0 Å². The van der Waals surface area contributed by atoms with Crippen molar-refractivity contribution in [3.63, 3.8) is 0 Å². The van der Waals surface area contributed by atoms with Crippen molar-refractivity contribution in [1.82, 2.24) is 9.97 Å². The Morgan fingerprint density at radius 1 is 0.692 bits per heavy atom. The number of nitrogens with zero attached hydrogens (tertiary/aromatic N) is 5.